The normalized spacial score (nSPS) is 10.4. The van der Waals surface area contributed by atoms with Crippen molar-refractivity contribution in [2.45, 2.75) is 19.8 Å². The van der Waals surface area contributed by atoms with Gasteiger partial charge in [-0.25, -0.2) is 4.98 Å². The number of hydrogen-bond acceptors (Lipinski definition) is 3. The van der Waals surface area contributed by atoms with Gasteiger partial charge in [-0.15, -0.1) is 0 Å². The van der Waals surface area contributed by atoms with E-state index in [0.717, 1.165) is 5.82 Å². The second-order valence-electron chi connectivity index (χ2n) is 4.31. The van der Waals surface area contributed by atoms with Crippen LogP contribution in [-0.2, 0) is 13.5 Å². The maximum Gasteiger partial charge on any atom is 0.167 e. The van der Waals surface area contributed by atoms with E-state index in [2.05, 4.69) is 4.98 Å². The van der Waals surface area contributed by atoms with Crippen molar-refractivity contribution in [3.05, 3.63) is 48.0 Å². The van der Waals surface area contributed by atoms with Gasteiger partial charge in [-0.3, -0.25) is 4.79 Å². The smallest absolute Gasteiger partial charge is 0.167 e. The third kappa shape index (κ3) is 3.22. The Labute approximate surface area is 113 Å². The van der Waals surface area contributed by atoms with E-state index >= 15 is 0 Å². The van der Waals surface area contributed by atoms with Gasteiger partial charge in [0.05, 0.1) is 12.2 Å². The van der Waals surface area contributed by atoms with E-state index in [9.17, 15) is 4.79 Å². The molecule has 100 valence electrons. The van der Waals surface area contributed by atoms with E-state index in [1.807, 2.05) is 49.0 Å². The molecule has 19 heavy (non-hydrogen) atoms. The molecule has 0 bridgehead atoms. The van der Waals surface area contributed by atoms with E-state index in [1.165, 1.54) is 0 Å². The lowest BCUT2D eigenvalue weighted by atomic mass is 10.1. The number of imidazole rings is 1. The number of aromatic nitrogens is 2. The number of ether oxygens (including phenoxy) is 1. The van der Waals surface area contributed by atoms with Crippen LogP contribution in [0.1, 0.15) is 29.5 Å². The lowest BCUT2D eigenvalue weighted by molar-refractivity contribution is 0.0978. The molecule has 1 aromatic carbocycles. The van der Waals surface area contributed by atoms with Crippen LogP contribution >= 0.6 is 0 Å². The molecule has 0 amide bonds. The van der Waals surface area contributed by atoms with Gasteiger partial charge in [0, 0.05) is 32.3 Å². The average Bonchev–Trinajstić information content (AvgIpc) is 2.82. The highest BCUT2D eigenvalue weighted by atomic mass is 16.5. The fourth-order valence-electron chi connectivity index (χ4n) is 1.98. The first-order valence-electron chi connectivity index (χ1n) is 6.43. The molecule has 0 aliphatic heterocycles. The highest BCUT2D eigenvalue weighted by molar-refractivity contribution is 5.98. The van der Waals surface area contributed by atoms with Gasteiger partial charge in [0.2, 0.25) is 0 Å². The second kappa shape index (κ2) is 6.18. The summed E-state index contributed by atoms with van der Waals surface area (Å²) < 4.78 is 7.41. The second-order valence-corrected chi connectivity index (χ2v) is 4.31. The molecule has 0 aliphatic carbocycles. The number of aryl methyl sites for hydroxylation is 2. The topological polar surface area (TPSA) is 44.1 Å². The Hall–Kier alpha value is -2.10. The van der Waals surface area contributed by atoms with Gasteiger partial charge in [-0.05, 0) is 19.1 Å². The summed E-state index contributed by atoms with van der Waals surface area (Å²) in [4.78, 5) is 16.4. The SMILES string of the molecule is CCOc1ccccc1C(=O)CCc1nccn1C. The van der Waals surface area contributed by atoms with Crippen molar-refractivity contribution in [1.29, 1.82) is 0 Å². The van der Waals surface area contributed by atoms with E-state index in [0.29, 0.717) is 30.8 Å². The van der Waals surface area contributed by atoms with Crippen LogP contribution in [0.5, 0.6) is 5.75 Å². The number of Topliss-reactive ketones (excluding diaryl/α,β-unsaturated/α-hetero) is 1. The number of benzene rings is 1. The molecule has 0 unspecified atom stereocenters. The highest BCUT2D eigenvalue weighted by Gasteiger charge is 2.12. The van der Waals surface area contributed by atoms with Crippen LogP contribution < -0.4 is 4.74 Å². The van der Waals surface area contributed by atoms with Crippen molar-refractivity contribution in [1.82, 2.24) is 9.55 Å². The van der Waals surface area contributed by atoms with Crippen LogP contribution in [-0.4, -0.2) is 21.9 Å². The van der Waals surface area contributed by atoms with Gasteiger partial charge in [0.1, 0.15) is 11.6 Å². The quantitative estimate of drug-likeness (QED) is 0.748. The first-order valence-corrected chi connectivity index (χ1v) is 6.43. The highest BCUT2D eigenvalue weighted by Crippen LogP contribution is 2.20. The minimum atomic E-state index is 0.0899. The Balaban J connectivity index is 2.06. The summed E-state index contributed by atoms with van der Waals surface area (Å²) in [5.41, 5.74) is 0.651. The summed E-state index contributed by atoms with van der Waals surface area (Å²) in [5, 5.41) is 0. The fraction of sp³-hybridized carbons (Fsp3) is 0.333. The minimum Gasteiger partial charge on any atom is -0.493 e. The monoisotopic (exact) mass is 258 g/mol. The molecule has 0 atom stereocenters. The Morgan fingerprint density at radius 2 is 2.16 bits per heavy atom. The zero-order valence-electron chi connectivity index (χ0n) is 11.3. The summed E-state index contributed by atoms with van der Waals surface area (Å²) in [6.45, 7) is 2.47. The van der Waals surface area contributed by atoms with Crippen molar-refractivity contribution in [3.63, 3.8) is 0 Å². The van der Waals surface area contributed by atoms with Gasteiger partial charge in [-0.1, -0.05) is 12.1 Å². The molecular formula is C15H18N2O2. The lowest BCUT2D eigenvalue weighted by Gasteiger charge is -2.08. The van der Waals surface area contributed by atoms with Gasteiger partial charge >= 0.3 is 0 Å². The number of para-hydroxylation sites is 1. The fourth-order valence-corrected chi connectivity index (χ4v) is 1.98. The molecule has 2 rings (SSSR count). The van der Waals surface area contributed by atoms with Crippen LogP contribution in [0, 0.1) is 0 Å². The lowest BCUT2D eigenvalue weighted by Crippen LogP contribution is -2.07. The third-order valence-corrected chi connectivity index (χ3v) is 2.98. The molecule has 0 aliphatic rings. The Kier molecular flexibility index (Phi) is 4.34. The number of ketones is 1. The molecular weight excluding hydrogens is 240 g/mol. The summed E-state index contributed by atoms with van der Waals surface area (Å²) in [7, 11) is 1.93. The third-order valence-electron chi connectivity index (χ3n) is 2.98. The molecule has 0 radical (unpaired) electrons. The Morgan fingerprint density at radius 3 is 2.84 bits per heavy atom. The molecule has 0 N–H and O–H groups in total. The first kappa shape index (κ1) is 13.3. The predicted molar refractivity (Wildman–Crippen MR) is 73.5 cm³/mol. The standard InChI is InChI=1S/C15H18N2O2/c1-3-19-14-7-5-4-6-12(14)13(18)8-9-15-16-10-11-17(15)2/h4-7,10-11H,3,8-9H2,1-2H3. The largest absolute Gasteiger partial charge is 0.493 e. The van der Waals surface area contributed by atoms with E-state index < -0.39 is 0 Å². The number of rotatable bonds is 6. The molecule has 4 nitrogen and oxygen atoms in total. The number of carbonyl (C=O) groups excluding carboxylic acids is 1. The summed E-state index contributed by atoms with van der Waals surface area (Å²) in [6.07, 6.45) is 4.71. The summed E-state index contributed by atoms with van der Waals surface area (Å²) >= 11 is 0. The van der Waals surface area contributed by atoms with E-state index in [1.54, 1.807) is 6.20 Å². The maximum atomic E-state index is 12.2. The van der Waals surface area contributed by atoms with E-state index in [4.69, 9.17) is 4.74 Å². The molecule has 2 aromatic rings. The van der Waals surface area contributed by atoms with Crippen molar-refractivity contribution < 1.29 is 9.53 Å². The summed E-state index contributed by atoms with van der Waals surface area (Å²) in [6, 6.07) is 7.38. The van der Waals surface area contributed by atoms with Crippen molar-refractivity contribution >= 4 is 5.78 Å². The van der Waals surface area contributed by atoms with Crippen LogP contribution in [0.2, 0.25) is 0 Å². The van der Waals surface area contributed by atoms with Gasteiger partial charge in [0.25, 0.3) is 0 Å². The van der Waals surface area contributed by atoms with Crippen LogP contribution in [0.25, 0.3) is 0 Å². The zero-order valence-corrected chi connectivity index (χ0v) is 11.3. The molecule has 0 saturated heterocycles. The minimum absolute atomic E-state index is 0.0899. The molecule has 0 saturated carbocycles. The van der Waals surface area contributed by atoms with Crippen molar-refractivity contribution in [2.24, 2.45) is 7.05 Å². The zero-order chi connectivity index (χ0) is 13.7. The van der Waals surface area contributed by atoms with Crippen LogP contribution in [0.3, 0.4) is 0 Å². The number of hydrogen-bond donors (Lipinski definition) is 0. The number of nitrogens with zero attached hydrogens (tertiary/aromatic N) is 2. The Bertz CT molecular complexity index is 561. The predicted octanol–water partition coefficient (Wildman–Crippen LogP) is 2.63. The maximum absolute atomic E-state index is 12.2. The van der Waals surface area contributed by atoms with Gasteiger partial charge < -0.3 is 9.30 Å². The van der Waals surface area contributed by atoms with Crippen molar-refractivity contribution in [3.8, 4) is 5.75 Å². The Morgan fingerprint density at radius 1 is 1.37 bits per heavy atom. The van der Waals surface area contributed by atoms with Crippen molar-refractivity contribution in [2.75, 3.05) is 6.61 Å². The van der Waals surface area contributed by atoms with Crippen LogP contribution in [0.15, 0.2) is 36.7 Å². The molecule has 1 heterocycles. The summed E-state index contributed by atoms with van der Waals surface area (Å²) in [5.74, 6) is 1.67. The molecule has 0 spiro atoms. The first-order chi connectivity index (χ1) is 9.22. The molecule has 1 aromatic heterocycles. The van der Waals surface area contributed by atoms with Crippen LogP contribution in [0.4, 0.5) is 0 Å². The molecule has 0 fully saturated rings. The van der Waals surface area contributed by atoms with E-state index in [-0.39, 0.29) is 5.78 Å². The van der Waals surface area contributed by atoms with Gasteiger partial charge in [0.15, 0.2) is 5.78 Å². The molecule has 4 heteroatoms. The van der Waals surface area contributed by atoms with Gasteiger partial charge in [-0.2, -0.15) is 0 Å². The number of carbonyl (C=O) groups is 1. The average molecular weight is 258 g/mol.